The molecule has 4 atom stereocenters. The minimum absolute atomic E-state index is 0.145. The summed E-state index contributed by atoms with van der Waals surface area (Å²) < 4.78 is 0. The third-order valence-corrected chi connectivity index (χ3v) is 26.5. The van der Waals surface area contributed by atoms with Gasteiger partial charge in [-0.05, 0) is 132 Å². The first-order valence-corrected chi connectivity index (χ1v) is 31.1. The zero-order valence-corrected chi connectivity index (χ0v) is 44.7. The zero-order valence-electron chi connectivity index (χ0n) is 42.9. The molecule has 0 aliphatic heterocycles. The summed E-state index contributed by atoms with van der Waals surface area (Å²) in [7, 11) is -1.99. The van der Waals surface area contributed by atoms with Gasteiger partial charge in [0.1, 0.15) is 0 Å². The quantitative estimate of drug-likeness (QED) is 0.104. The smallest absolute Gasteiger partial charge is 0.0382 e. The molecular formula is C76H54S2. The molecule has 0 fully saturated rings. The van der Waals surface area contributed by atoms with Crippen LogP contribution in [0.4, 0.5) is 0 Å². The van der Waals surface area contributed by atoms with Gasteiger partial charge in [0.15, 0.2) is 0 Å². The number of hydrogen-bond donors (Lipinski definition) is 2. The van der Waals surface area contributed by atoms with Crippen molar-refractivity contribution in [1.82, 2.24) is 0 Å². The van der Waals surface area contributed by atoms with Crippen LogP contribution >= 0.6 is 19.9 Å². The minimum Gasteiger partial charge on any atom is -0.201 e. The first-order valence-electron chi connectivity index (χ1n) is 27.5. The van der Waals surface area contributed by atoms with Gasteiger partial charge in [-0.3, -0.25) is 0 Å². The lowest BCUT2D eigenvalue weighted by Crippen LogP contribution is -2.17. The van der Waals surface area contributed by atoms with E-state index in [0.29, 0.717) is 0 Å². The molecule has 0 saturated heterocycles. The van der Waals surface area contributed by atoms with Crippen molar-refractivity contribution in [3.63, 3.8) is 0 Å². The van der Waals surface area contributed by atoms with Crippen molar-refractivity contribution in [2.75, 3.05) is 0 Å². The van der Waals surface area contributed by atoms with Gasteiger partial charge in [-0.1, -0.05) is 291 Å². The molecule has 0 bridgehead atoms. The van der Waals surface area contributed by atoms with Crippen molar-refractivity contribution < 1.29 is 0 Å². The molecule has 0 nitrogen and oxygen atoms in total. The number of hydrogen-bond acceptors (Lipinski definition) is 0. The predicted octanol–water partition coefficient (Wildman–Crippen LogP) is 21.3. The fraction of sp³-hybridized carbons (Fsp3) is 0.0526. The van der Waals surface area contributed by atoms with Crippen LogP contribution in [-0.4, -0.2) is 0 Å². The molecular weight excluding hydrogens is 977 g/mol. The van der Waals surface area contributed by atoms with Crippen molar-refractivity contribution in [2.24, 2.45) is 0 Å². The van der Waals surface area contributed by atoms with Gasteiger partial charge in [0.2, 0.25) is 0 Å². The van der Waals surface area contributed by atoms with Gasteiger partial charge < -0.3 is 0 Å². The van der Waals surface area contributed by atoms with E-state index in [-0.39, 0.29) is 21.0 Å². The third-order valence-electron chi connectivity index (χ3n) is 17.3. The van der Waals surface area contributed by atoms with Gasteiger partial charge in [-0.15, -0.1) is 0 Å². The van der Waals surface area contributed by atoms with Crippen LogP contribution in [0.1, 0.15) is 65.5 Å². The highest BCUT2D eigenvalue weighted by molar-refractivity contribution is 8.93. The Labute approximate surface area is 461 Å². The van der Waals surface area contributed by atoms with Crippen LogP contribution in [0.2, 0.25) is 0 Å². The fourth-order valence-electron chi connectivity index (χ4n) is 13.9. The molecule has 0 N–H and O–H groups in total. The molecule has 4 aliphatic rings. The molecule has 0 radical (unpaired) electrons. The molecule has 12 aromatic rings. The van der Waals surface area contributed by atoms with Crippen LogP contribution in [0.3, 0.4) is 0 Å². The molecule has 370 valence electrons. The summed E-state index contributed by atoms with van der Waals surface area (Å²) in [5, 5.41) is 11.5. The second kappa shape index (κ2) is 18.5. The number of benzene rings is 12. The standard InChI is InChI=1S/C76H54S2/c1-5-17-49(18-6-1)57-41-33-53-37-45-69(65-29-13-25-61(57)73(53)65)77(70-46-38-54-34-42-58(50-19-7-2-8-20-50)62-26-14-30-66(70)74(54)62)78(71-47-39-55-35-43-59(51-21-9-3-10-22-51)63-27-15-31-67(71)75(55)63)72-48-40-56-36-44-60(52-23-11-4-12-24-52)64-28-16-32-68(72)76(56)64/h1-48,69-72,77-78H. The van der Waals surface area contributed by atoms with E-state index >= 15 is 0 Å². The van der Waals surface area contributed by atoms with E-state index in [9.17, 15) is 0 Å². The summed E-state index contributed by atoms with van der Waals surface area (Å²) in [6, 6.07) is 92.0. The summed E-state index contributed by atoms with van der Waals surface area (Å²) in [6.07, 6.45) is 20.7. The Morgan fingerprint density at radius 3 is 0.667 bits per heavy atom. The maximum Gasteiger partial charge on any atom is 0.0382 e. The van der Waals surface area contributed by atoms with E-state index in [1.165, 1.54) is 132 Å². The molecule has 12 aromatic carbocycles. The van der Waals surface area contributed by atoms with E-state index in [0.717, 1.165) is 0 Å². The zero-order chi connectivity index (χ0) is 51.3. The fourth-order valence-corrected chi connectivity index (χ4v) is 24.7. The van der Waals surface area contributed by atoms with Gasteiger partial charge in [0, 0.05) is 21.0 Å². The van der Waals surface area contributed by atoms with Crippen LogP contribution in [-0.2, 0) is 0 Å². The molecule has 4 unspecified atom stereocenters. The van der Waals surface area contributed by atoms with Crippen molar-refractivity contribution in [3.05, 3.63) is 311 Å². The predicted molar refractivity (Wildman–Crippen MR) is 343 cm³/mol. The Hall–Kier alpha value is -8.66. The minimum atomic E-state index is -0.993. The van der Waals surface area contributed by atoms with E-state index in [1.54, 1.807) is 0 Å². The van der Waals surface area contributed by atoms with Crippen LogP contribution in [0.5, 0.6) is 0 Å². The van der Waals surface area contributed by atoms with Crippen LogP contribution < -0.4 is 0 Å². The Morgan fingerprint density at radius 1 is 0.205 bits per heavy atom. The average molecular weight is 1030 g/mol. The van der Waals surface area contributed by atoms with Crippen LogP contribution in [0.25, 0.3) is 112 Å². The lowest BCUT2D eigenvalue weighted by molar-refractivity contribution is 1.15. The summed E-state index contributed by atoms with van der Waals surface area (Å²) in [5.74, 6) is 0. The van der Waals surface area contributed by atoms with Gasteiger partial charge >= 0.3 is 0 Å². The maximum absolute atomic E-state index is 2.66. The molecule has 0 spiro atoms. The average Bonchev–Trinajstić information content (AvgIpc) is 3.70. The van der Waals surface area contributed by atoms with Crippen LogP contribution in [0, 0.1) is 0 Å². The van der Waals surface area contributed by atoms with Gasteiger partial charge in [-0.2, -0.15) is 0 Å². The van der Waals surface area contributed by atoms with E-state index in [4.69, 9.17) is 0 Å². The topological polar surface area (TPSA) is 0 Å². The number of thiol groups is 2. The molecule has 4 aliphatic carbocycles. The lowest BCUT2D eigenvalue weighted by Gasteiger charge is -2.52. The Bertz CT molecular complexity index is 3930. The molecule has 16 rings (SSSR count). The molecule has 78 heavy (non-hydrogen) atoms. The second-order valence-corrected chi connectivity index (χ2v) is 27.8. The maximum atomic E-state index is 2.66. The molecule has 0 saturated carbocycles. The highest BCUT2D eigenvalue weighted by Gasteiger charge is 2.43. The van der Waals surface area contributed by atoms with Gasteiger partial charge in [0.25, 0.3) is 0 Å². The number of rotatable bonds is 9. The van der Waals surface area contributed by atoms with Crippen molar-refractivity contribution in [2.45, 2.75) is 21.0 Å². The van der Waals surface area contributed by atoms with Gasteiger partial charge in [0.05, 0.1) is 0 Å². The first kappa shape index (κ1) is 45.5. The summed E-state index contributed by atoms with van der Waals surface area (Å²) in [5.41, 5.74) is 21.3. The van der Waals surface area contributed by atoms with Crippen LogP contribution in [0.15, 0.2) is 267 Å². The largest absolute Gasteiger partial charge is 0.201 e. The Morgan fingerprint density at radius 2 is 0.436 bits per heavy atom. The van der Waals surface area contributed by atoms with Crippen molar-refractivity contribution in [1.29, 1.82) is 0 Å². The van der Waals surface area contributed by atoms with Gasteiger partial charge in [-0.25, -0.2) is 19.9 Å². The normalized spacial score (nSPS) is 18.7. The highest BCUT2D eigenvalue weighted by atomic mass is 33.2. The second-order valence-electron chi connectivity index (χ2n) is 21.3. The summed E-state index contributed by atoms with van der Waals surface area (Å²) >= 11 is 0. The molecule has 0 aromatic heterocycles. The molecule has 0 heterocycles. The monoisotopic (exact) mass is 1030 g/mol. The van der Waals surface area contributed by atoms with E-state index in [2.05, 4.69) is 291 Å². The highest BCUT2D eigenvalue weighted by Crippen LogP contribution is 2.82. The lowest BCUT2D eigenvalue weighted by atomic mass is 9.88. The SMILES string of the molecule is C1=CC([SH](C2C=Cc3ccc(-c4ccccc4)c4cccc2c34)[SH](C2C=Cc3ccc(-c4ccccc4)c4cccc2c34)C2C=Cc3ccc(-c4ccccc4)c4cccc2c34)c2cccc3c(-c4ccccc4)ccc1c23. The van der Waals surface area contributed by atoms with Crippen molar-refractivity contribution >= 4 is 87.2 Å². The van der Waals surface area contributed by atoms with Crippen molar-refractivity contribution in [3.8, 4) is 44.5 Å². The van der Waals surface area contributed by atoms with E-state index in [1.807, 2.05) is 0 Å². The first-order chi connectivity index (χ1) is 38.7. The summed E-state index contributed by atoms with van der Waals surface area (Å²) in [4.78, 5) is 0. The Kier molecular flexibility index (Phi) is 10.8. The Balaban J connectivity index is 0.990. The van der Waals surface area contributed by atoms with E-state index < -0.39 is 19.9 Å². The molecule has 0 amide bonds. The third kappa shape index (κ3) is 7.17. The summed E-state index contributed by atoms with van der Waals surface area (Å²) in [6.45, 7) is 0. The molecule has 2 heteroatoms.